The maximum absolute atomic E-state index is 13.2. The van der Waals surface area contributed by atoms with Crippen LogP contribution in [0, 0.1) is 11.6 Å². The summed E-state index contributed by atoms with van der Waals surface area (Å²) in [6.45, 7) is -0.660. The number of nitrogens with zero attached hydrogens (tertiary/aromatic N) is 1. The van der Waals surface area contributed by atoms with Crippen molar-refractivity contribution in [2.45, 2.75) is 0 Å². The Morgan fingerprint density at radius 2 is 1.67 bits per heavy atom. The van der Waals surface area contributed by atoms with Crippen LogP contribution in [0.5, 0.6) is 0 Å². The van der Waals surface area contributed by atoms with Crippen molar-refractivity contribution in [1.29, 1.82) is 0 Å². The second-order valence-electron chi connectivity index (χ2n) is 5.65. The van der Waals surface area contributed by atoms with Crippen molar-refractivity contribution in [3.8, 4) is 0 Å². The Hall–Kier alpha value is -3.00. The number of ether oxygens (including phenoxy) is 1. The standard InChI is InChI=1S/C18H15ClF2N2O4/c1-23(2)17(25)10-3-5-11(6-4-10)22-16(24)9-27-18(26)12-7-14(20)15(21)8-13(12)19/h3-8H,9H2,1-2H3,(H,22,24). The van der Waals surface area contributed by atoms with Gasteiger partial charge >= 0.3 is 5.97 Å². The summed E-state index contributed by atoms with van der Waals surface area (Å²) in [4.78, 5) is 36.9. The Kier molecular flexibility index (Phi) is 6.46. The van der Waals surface area contributed by atoms with Crippen LogP contribution in [-0.2, 0) is 9.53 Å². The minimum atomic E-state index is -1.26. The number of amides is 2. The Bertz CT molecular complexity index is 886. The van der Waals surface area contributed by atoms with Gasteiger partial charge in [-0.15, -0.1) is 0 Å². The Balaban J connectivity index is 1.93. The fourth-order valence-electron chi connectivity index (χ4n) is 2.04. The molecule has 0 spiro atoms. The van der Waals surface area contributed by atoms with Gasteiger partial charge in [-0.25, -0.2) is 13.6 Å². The molecule has 0 aliphatic heterocycles. The average molecular weight is 397 g/mol. The van der Waals surface area contributed by atoms with Crippen LogP contribution < -0.4 is 5.32 Å². The lowest BCUT2D eigenvalue weighted by molar-refractivity contribution is -0.119. The van der Waals surface area contributed by atoms with E-state index in [-0.39, 0.29) is 10.9 Å². The van der Waals surface area contributed by atoms with E-state index in [0.717, 1.165) is 0 Å². The number of halogens is 3. The Morgan fingerprint density at radius 3 is 2.26 bits per heavy atom. The van der Waals surface area contributed by atoms with E-state index in [1.165, 1.54) is 29.2 Å². The minimum absolute atomic E-state index is 0.190. The largest absolute Gasteiger partial charge is 0.452 e. The predicted octanol–water partition coefficient (Wildman–Crippen LogP) is 3.12. The monoisotopic (exact) mass is 396 g/mol. The summed E-state index contributed by atoms with van der Waals surface area (Å²) in [5, 5.41) is 2.14. The smallest absolute Gasteiger partial charge is 0.340 e. The van der Waals surface area contributed by atoms with Gasteiger partial charge in [-0.1, -0.05) is 11.6 Å². The van der Waals surface area contributed by atoms with Crippen molar-refractivity contribution in [3.05, 3.63) is 64.2 Å². The summed E-state index contributed by atoms with van der Waals surface area (Å²) in [6.07, 6.45) is 0. The predicted molar refractivity (Wildman–Crippen MR) is 94.7 cm³/mol. The van der Waals surface area contributed by atoms with Gasteiger partial charge in [0.05, 0.1) is 10.6 Å². The van der Waals surface area contributed by atoms with Crippen molar-refractivity contribution in [1.82, 2.24) is 4.90 Å². The van der Waals surface area contributed by atoms with Crippen molar-refractivity contribution < 1.29 is 27.9 Å². The van der Waals surface area contributed by atoms with Gasteiger partial charge in [0.2, 0.25) is 0 Å². The third-order valence-electron chi connectivity index (χ3n) is 3.39. The molecule has 0 bridgehead atoms. The van der Waals surface area contributed by atoms with Gasteiger partial charge in [0.1, 0.15) is 0 Å². The summed E-state index contributed by atoms with van der Waals surface area (Å²) >= 11 is 5.66. The molecule has 0 aliphatic rings. The summed E-state index contributed by atoms with van der Waals surface area (Å²) in [5.74, 6) is -4.38. The van der Waals surface area contributed by atoms with E-state index in [9.17, 15) is 23.2 Å². The normalized spacial score (nSPS) is 10.3. The van der Waals surface area contributed by atoms with Crippen LogP contribution in [0.25, 0.3) is 0 Å². The van der Waals surface area contributed by atoms with Gasteiger partial charge in [0, 0.05) is 25.3 Å². The molecule has 6 nitrogen and oxygen atoms in total. The first-order chi connectivity index (χ1) is 12.7. The fraction of sp³-hybridized carbons (Fsp3) is 0.167. The third kappa shape index (κ3) is 5.24. The maximum atomic E-state index is 13.2. The van der Waals surface area contributed by atoms with Crippen LogP contribution in [0.2, 0.25) is 5.02 Å². The quantitative estimate of drug-likeness (QED) is 0.622. The average Bonchev–Trinajstić information content (AvgIpc) is 2.62. The molecule has 0 unspecified atom stereocenters. The van der Waals surface area contributed by atoms with Crippen molar-refractivity contribution in [2.24, 2.45) is 0 Å². The highest BCUT2D eigenvalue weighted by Crippen LogP contribution is 2.21. The molecule has 0 saturated carbocycles. The highest BCUT2D eigenvalue weighted by atomic mass is 35.5. The summed E-state index contributed by atoms with van der Waals surface area (Å²) < 4.78 is 30.9. The molecular weight excluding hydrogens is 382 g/mol. The number of esters is 1. The molecule has 0 saturated heterocycles. The zero-order valence-electron chi connectivity index (χ0n) is 14.4. The molecule has 0 radical (unpaired) electrons. The summed E-state index contributed by atoms with van der Waals surface area (Å²) in [7, 11) is 3.23. The first-order valence-electron chi connectivity index (χ1n) is 7.62. The van der Waals surface area contributed by atoms with Crippen molar-refractivity contribution in [3.63, 3.8) is 0 Å². The lowest BCUT2D eigenvalue weighted by atomic mass is 10.2. The number of benzene rings is 2. The van der Waals surface area contributed by atoms with Gasteiger partial charge in [0.25, 0.3) is 11.8 Å². The number of rotatable bonds is 5. The van der Waals surface area contributed by atoms with Gasteiger partial charge in [-0.05, 0) is 36.4 Å². The topological polar surface area (TPSA) is 75.7 Å². The van der Waals surface area contributed by atoms with Gasteiger partial charge in [-0.3, -0.25) is 9.59 Å². The van der Waals surface area contributed by atoms with Gasteiger partial charge < -0.3 is 15.0 Å². The molecule has 27 heavy (non-hydrogen) atoms. The molecule has 0 atom stereocenters. The van der Waals surface area contributed by atoms with Crippen LogP contribution in [0.4, 0.5) is 14.5 Å². The molecule has 9 heteroatoms. The molecule has 0 aliphatic carbocycles. The van der Waals surface area contributed by atoms with Gasteiger partial charge in [-0.2, -0.15) is 0 Å². The number of hydrogen-bond donors (Lipinski definition) is 1. The number of carbonyl (C=O) groups is 3. The molecule has 0 aromatic heterocycles. The number of carbonyl (C=O) groups excluding carboxylic acids is 3. The fourth-order valence-corrected chi connectivity index (χ4v) is 2.27. The first kappa shape index (κ1) is 20.3. The zero-order chi connectivity index (χ0) is 20.1. The third-order valence-corrected chi connectivity index (χ3v) is 3.70. The Morgan fingerprint density at radius 1 is 1.07 bits per heavy atom. The second-order valence-corrected chi connectivity index (χ2v) is 6.05. The van der Waals surface area contributed by atoms with Crippen LogP contribution >= 0.6 is 11.6 Å². The lowest BCUT2D eigenvalue weighted by Crippen LogP contribution is -2.22. The van der Waals surface area contributed by atoms with Crippen LogP contribution in [0.15, 0.2) is 36.4 Å². The number of nitrogens with one attached hydrogen (secondary N) is 1. The van der Waals surface area contributed by atoms with E-state index in [1.54, 1.807) is 14.1 Å². The molecule has 2 aromatic carbocycles. The number of hydrogen-bond acceptors (Lipinski definition) is 4. The van der Waals surface area contributed by atoms with Crippen molar-refractivity contribution >= 4 is 35.1 Å². The van der Waals surface area contributed by atoms with E-state index in [2.05, 4.69) is 5.32 Å². The van der Waals surface area contributed by atoms with Crippen molar-refractivity contribution in [2.75, 3.05) is 26.0 Å². The van der Waals surface area contributed by atoms with Crippen LogP contribution in [0.1, 0.15) is 20.7 Å². The van der Waals surface area contributed by atoms with E-state index >= 15 is 0 Å². The summed E-state index contributed by atoms with van der Waals surface area (Å²) in [6, 6.07) is 7.34. The minimum Gasteiger partial charge on any atom is -0.452 e. The molecule has 0 fully saturated rings. The Labute approximate surface area is 158 Å². The van der Waals surface area contributed by atoms with E-state index in [4.69, 9.17) is 16.3 Å². The highest BCUT2D eigenvalue weighted by Gasteiger charge is 2.17. The molecule has 0 heterocycles. The zero-order valence-corrected chi connectivity index (χ0v) is 15.1. The molecule has 2 amide bonds. The second kappa shape index (κ2) is 8.59. The molecule has 142 valence electrons. The molecule has 1 N–H and O–H groups in total. The van der Waals surface area contributed by atoms with Gasteiger partial charge in [0.15, 0.2) is 18.2 Å². The van der Waals surface area contributed by atoms with E-state index in [0.29, 0.717) is 23.4 Å². The van der Waals surface area contributed by atoms with E-state index in [1.807, 2.05) is 0 Å². The summed E-state index contributed by atoms with van der Waals surface area (Å²) in [5.41, 5.74) is 0.435. The van der Waals surface area contributed by atoms with E-state index < -0.39 is 35.7 Å². The molecule has 2 rings (SSSR count). The maximum Gasteiger partial charge on any atom is 0.340 e. The van der Waals surface area contributed by atoms with Crippen LogP contribution in [-0.4, -0.2) is 43.4 Å². The molecule has 2 aromatic rings. The number of anilines is 1. The SMILES string of the molecule is CN(C)C(=O)c1ccc(NC(=O)COC(=O)c2cc(F)c(F)cc2Cl)cc1. The molecular formula is C18H15ClF2N2O4. The van der Waals surface area contributed by atoms with Crippen LogP contribution in [0.3, 0.4) is 0 Å². The lowest BCUT2D eigenvalue weighted by Gasteiger charge is -2.11. The first-order valence-corrected chi connectivity index (χ1v) is 8.00. The highest BCUT2D eigenvalue weighted by molar-refractivity contribution is 6.33.